The number of carboxylic acid groups (broad SMARTS) is 1. The average molecular weight is 206 g/mol. The zero-order valence-electron chi connectivity index (χ0n) is 8.17. The van der Waals surface area contributed by atoms with Crippen LogP contribution in [0, 0.1) is 0 Å². The summed E-state index contributed by atoms with van der Waals surface area (Å²) >= 11 is 0. The minimum Gasteiger partial charge on any atom is -0.478 e. The van der Waals surface area contributed by atoms with Crippen LogP contribution in [0.15, 0.2) is 24.5 Å². The molecular weight excluding hydrogens is 196 g/mol. The largest absolute Gasteiger partial charge is 0.478 e. The Morgan fingerprint density at radius 3 is 3.07 bits per heavy atom. The van der Waals surface area contributed by atoms with E-state index in [1.54, 1.807) is 6.07 Å². The van der Waals surface area contributed by atoms with Gasteiger partial charge in [0.05, 0.1) is 11.1 Å². The number of nitrogens with zero attached hydrogens (tertiary/aromatic N) is 2. The molecule has 78 valence electrons. The summed E-state index contributed by atoms with van der Waals surface area (Å²) in [7, 11) is 0. The Bertz CT molecular complexity index is 504. The molecule has 5 heteroatoms. The lowest BCUT2D eigenvalue weighted by atomic mass is 10.2. The highest BCUT2D eigenvalue weighted by atomic mass is 16.7. The van der Waals surface area contributed by atoms with Crippen LogP contribution in [0.3, 0.4) is 0 Å². The number of fused-ring (bicyclic) bond motifs is 1. The van der Waals surface area contributed by atoms with Gasteiger partial charge in [0.25, 0.3) is 0 Å². The van der Waals surface area contributed by atoms with Gasteiger partial charge in [-0.1, -0.05) is 0 Å². The Kier molecular flexibility index (Phi) is 2.29. The van der Waals surface area contributed by atoms with Crippen molar-refractivity contribution in [2.75, 3.05) is 6.61 Å². The molecule has 0 unspecified atom stereocenters. The highest BCUT2D eigenvalue weighted by Gasteiger charge is 2.07. The van der Waals surface area contributed by atoms with Gasteiger partial charge in [0.2, 0.25) is 0 Å². The molecule has 15 heavy (non-hydrogen) atoms. The summed E-state index contributed by atoms with van der Waals surface area (Å²) in [4.78, 5) is 20.0. The van der Waals surface area contributed by atoms with Gasteiger partial charge in [-0.05, 0) is 25.1 Å². The van der Waals surface area contributed by atoms with Crippen molar-refractivity contribution in [3.8, 4) is 0 Å². The molecule has 0 saturated heterocycles. The highest BCUT2D eigenvalue weighted by molar-refractivity contribution is 5.92. The van der Waals surface area contributed by atoms with Crippen molar-refractivity contribution in [3.05, 3.63) is 30.1 Å². The van der Waals surface area contributed by atoms with Crippen LogP contribution < -0.4 is 4.84 Å². The van der Waals surface area contributed by atoms with E-state index in [9.17, 15) is 4.79 Å². The molecule has 1 aromatic heterocycles. The first-order valence-corrected chi connectivity index (χ1v) is 4.56. The van der Waals surface area contributed by atoms with Crippen molar-refractivity contribution < 1.29 is 14.7 Å². The van der Waals surface area contributed by atoms with E-state index in [1.807, 2.05) is 6.92 Å². The molecule has 0 spiro atoms. The van der Waals surface area contributed by atoms with Crippen molar-refractivity contribution in [2.24, 2.45) is 0 Å². The molecule has 5 nitrogen and oxygen atoms in total. The Balaban J connectivity index is 2.51. The molecule has 0 amide bonds. The summed E-state index contributed by atoms with van der Waals surface area (Å²) in [5.41, 5.74) is 1.61. The number of aromatic carboxylic acids is 1. The molecule has 2 aromatic rings. The van der Waals surface area contributed by atoms with Crippen LogP contribution in [0.1, 0.15) is 17.3 Å². The fraction of sp³-hybridized carbons (Fsp3) is 0.200. The predicted octanol–water partition coefficient (Wildman–Crippen LogP) is 1.18. The van der Waals surface area contributed by atoms with Crippen molar-refractivity contribution in [2.45, 2.75) is 6.92 Å². The Labute approximate surface area is 85.9 Å². The van der Waals surface area contributed by atoms with E-state index in [2.05, 4.69) is 4.98 Å². The van der Waals surface area contributed by atoms with Gasteiger partial charge in [0.1, 0.15) is 18.5 Å². The number of aromatic nitrogens is 2. The Morgan fingerprint density at radius 2 is 2.40 bits per heavy atom. The van der Waals surface area contributed by atoms with Gasteiger partial charge in [0.15, 0.2) is 0 Å². The minimum absolute atomic E-state index is 0.226. The lowest BCUT2D eigenvalue weighted by molar-refractivity contribution is 0.0697. The topological polar surface area (TPSA) is 64.4 Å². The highest BCUT2D eigenvalue weighted by Crippen LogP contribution is 2.13. The Morgan fingerprint density at radius 1 is 1.60 bits per heavy atom. The van der Waals surface area contributed by atoms with Crippen LogP contribution in [0.2, 0.25) is 0 Å². The van der Waals surface area contributed by atoms with Gasteiger partial charge < -0.3 is 9.94 Å². The molecule has 0 atom stereocenters. The maximum Gasteiger partial charge on any atom is 0.335 e. The summed E-state index contributed by atoms with van der Waals surface area (Å²) in [6, 6.07) is 4.73. The zero-order valence-corrected chi connectivity index (χ0v) is 8.17. The molecule has 0 aliphatic rings. The van der Waals surface area contributed by atoms with Crippen molar-refractivity contribution in [3.63, 3.8) is 0 Å². The quantitative estimate of drug-likeness (QED) is 0.819. The van der Waals surface area contributed by atoms with E-state index in [-0.39, 0.29) is 5.56 Å². The van der Waals surface area contributed by atoms with E-state index < -0.39 is 5.97 Å². The second-order valence-electron chi connectivity index (χ2n) is 3.00. The smallest absolute Gasteiger partial charge is 0.335 e. The van der Waals surface area contributed by atoms with Gasteiger partial charge in [0, 0.05) is 0 Å². The fourth-order valence-corrected chi connectivity index (χ4v) is 1.37. The molecule has 0 bridgehead atoms. The first-order chi connectivity index (χ1) is 7.22. The third-order valence-electron chi connectivity index (χ3n) is 2.03. The van der Waals surface area contributed by atoms with Crippen LogP contribution in [-0.4, -0.2) is 27.4 Å². The number of rotatable bonds is 3. The molecule has 1 heterocycles. The van der Waals surface area contributed by atoms with Crippen LogP contribution >= 0.6 is 0 Å². The normalized spacial score (nSPS) is 10.5. The van der Waals surface area contributed by atoms with Gasteiger partial charge in [-0.15, -0.1) is 0 Å². The third-order valence-corrected chi connectivity index (χ3v) is 2.03. The summed E-state index contributed by atoms with van der Waals surface area (Å²) < 4.78 is 1.53. The number of benzene rings is 1. The van der Waals surface area contributed by atoms with E-state index in [4.69, 9.17) is 9.94 Å². The minimum atomic E-state index is -0.956. The summed E-state index contributed by atoms with van der Waals surface area (Å²) in [6.45, 7) is 2.41. The van der Waals surface area contributed by atoms with Crippen molar-refractivity contribution in [1.82, 2.24) is 9.71 Å². The van der Waals surface area contributed by atoms with E-state index in [0.717, 1.165) is 5.52 Å². The van der Waals surface area contributed by atoms with Crippen LogP contribution in [-0.2, 0) is 0 Å². The van der Waals surface area contributed by atoms with Crippen LogP contribution in [0.4, 0.5) is 0 Å². The first kappa shape index (κ1) is 9.51. The second-order valence-corrected chi connectivity index (χ2v) is 3.00. The second kappa shape index (κ2) is 3.61. The number of hydrogen-bond donors (Lipinski definition) is 1. The average Bonchev–Trinajstić information content (AvgIpc) is 2.61. The molecule has 0 aliphatic heterocycles. The maximum atomic E-state index is 10.7. The molecule has 0 radical (unpaired) electrons. The lowest BCUT2D eigenvalue weighted by Gasteiger charge is -2.03. The van der Waals surface area contributed by atoms with Crippen molar-refractivity contribution in [1.29, 1.82) is 0 Å². The van der Waals surface area contributed by atoms with Gasteiger partial charge in [-0.2, -0.15) is 4.73 Å². The number of carbonyl (C=O) groups is 1. The molecule has 2 rings (SSSR count). The molecule has 0 aliphatic carbocycles. The van der Waals surface area contributed by atoms with Gasteiger partial charge >= 0.3 is 5.97 Å². The maximum absolute atomic E-state index is 10.7. The van der Waals surface area contributed by atoms with Crippen LogP contribution in [0.25, 0.3) is 11.0 Å². The lowest BCUT2D eigenvalue weighted by Crippen LogP contribution is -2.08. The van der Waals surface area contributed by atoms with Crippen LogP contribution in [0.5, 0.6) is 0 Å². The van der Waals surface area contributed by atoms with E-state index in [1.165, 1.54) is 23.2 Å². The molecule has 0 fully saturated rings. The SMILES string of the molecule is CCOn1cnc2cc(C(=O)O)ccc21. The van der Waals surface area contributed by atoms with E-state index in [0.29, 0.717) is 12.1 Å². The number of hydrogen-bond acceptors (Lipinski definition) is 3. The molecule has 1 aromatic carbocycles. The van der Waals surface area contributed by atoms with Crippen molar-refractivity contribution >= 4 is 17.0 Å². The summed E-state index contributed by atoms with van der Waals surface area (Å²) in [6.07, 6.45) is 1.53. The standard InChI is InChI=1S/C10H10N2O3/c1-2-15-12-6-11-8-5-7(10(13)14)3-4-9(8)12/h3-6H,2H2,1H3,(H,13,14). The summed E-state index contributed by atoms with van der Waals surface area (Å²) in [5, 5.41) is 8.79. The number of imidazole rings is 1. The predicted molar refractivity (Wildman–Crippen MR) is 53.8 cm³/mol. The molecule has 1 N–H and O–H groups in total. The number of carboxylic acids is 1. The molecule has 0 saturated carbocycles. The first-order valence-electron chi connectivity index (χ1n) is 4.56. The van der Waals surface area contributed by atoms with E-state index >= 15 is 0 Å². The monoisotopic (exact) mass is 206 g/mol. The van der Waals surface area contributed by atoms with Gasteiger partial charge in [-0.3, -0.25) is 0 Å². The Hall–Kier alpha value is -2.04. The van der Waals surface area contributed by atoms with Gasteiger partial charge in [-0.25, -0.2) is 9.78 Å². The fourth-order valence-electron chi connectivity index (χ4n) is 1.37. The molecular formula is C10H10N2O3. The summed E-state index contributed by atoms with van der Waals surface area (Å²) in [5.74, 6) is -0.956. The third kappa shape index (κ3) is 1.63. The zero-order chi connectivity index (χ0) is 10.8.